The first-order chi connectivity index (χ1) is 12.0. The third kappa shape index (κ3) is 2.06. The summed E-state index contributed by atoms with van der Waals surface area (Å²) in [7, 11) is 0. The fourth-order valence-electron chi connectivity index (χ4n) is 4.87. The van der Waals surface area contributed by atoms with Crippen molar-refractivity contribution in [3.63, 3.8) is 0 Å². The van der Waals surface area contributed by atoms with Crippen LogP contribution in [0.3, 0.4) is 0 Å². The Labute approximate surface area is 153 Å². The lowest BCUT2D eigenvalue weighted by molar-refractivity contribution is -0.143. The third-order valence-corrected chi connectivity index (χ3v) is 6.80. The van der Waals surface area contributed by atoms with Crippen molar-refractivity contribution in [2.24, 2.45) is 35.5 Å². The van der Waals surface area contributed by atoms with E-state index in [0.29, 0.717) is 16.9 Å². The van der Waals surface area contributed by atoms with Crippen molar-refractivity contribution in [1.29, 1.82) is 0 Å². The average molecular weight is 377 g/mol. The molecule has 3 amide bonds. The first kappa shape index (κ1) is 15.4. The summed E-state index contributed by atoms with van der Waals surface area (Å²) < 4.78 is 0. The van der Waals surface area contributed by atoms with Gasteiger partial charge in [0.15, 0.2) is 0 Å². The molecule has 1 aliphatic heterocycles. The third-order valence-electron chi connectivity index (χ3n) is 6.06. The molecule has 6 atom stereocenters. The lowest BCUT2D eigenvalue weighted by atomic mass is 9.63. The molecule has 1 aromatic carbocycles. The molecular formula is C18H14Cl2N2O3. The molecule has 128 valence electrons. The number of nitrogens with zero attached hydrogens (tertiary/aromatic N) is 1. The summed E-state index contributed by atoms with van der Waals surface area (Å²) in [4.78, 5) is 38.0. The molecule has 1 aromatic rings. The van der Waals surface area contributed by atoms with Gasteiger partial charge < -0.3 is 0 Å². The second-order valence-electron chi connectivity index (χ2n) is 7.24. The molecule has 4 aliphatic carbocycles. The minimum absolute atomic E-state index is 0.128. The van der Waals surface area contributed by atoms with Gasteiger partial charge in [0, 0.05) is 5.56 Å². The van der Waals surface area contributed by atoms with Crippen LogP contribution in [-0.2, 0) is 9.59 Å². The number of rotatable bonds is 2. The highest BCUT2D eigenvalue weighted by Crippen LogP contribution is 2.65. The highest BCUT2D eigenvalue weighted by Gasteiger charge is 2.67. The standard InChI is InChI=1S/C18H14Cl2N2O3/c19-12-4-1-7(5-13(12)20)16(23)21-22-17(24)14-8-2-3-9(11-6-10(8)11)15(14)18(22)25/h1-5,8-11,14-15H,6H2,(H,21,23)/t8-,9-,10-,11+,14-,15+/m0/s1. The van der Waals surface area contributed by atoms with Crippen LogP contribution in [0, 0.1) is 35.5 Å². The van der Waals surface area contributed by atoms with Crippen LogP contribution in [-0.4, -0.2) is 22.7 Å². The zero-order valence-electron chi connectivity index (χ0n) is 13.0. The number of hydrogen-bond donors (Lipinski definition) is 1. The van der Waals surface area contributed by atoms with Gasteiger partial charge in [-0.05, 0) is 48.3 Å². The second kappa shape index (κ2) is 5.08. The second-order valence-corrected chi connectivity index (χ2v) is 8.05. The van der Waals surface area contributed by atoms with Crippen LogP contribution in [0.4, 0.5) is 0 Å². The van der Waals surface area contributed by atoms with Crippen molar-refractivity contribution < 1.29 is 14.4 Å². The van der Waals surface area contributed by atoms with Crippen LogP contribution in [0.1, 0.15) is 16.8 Å². The largest absolute Gasteiger partial charge is 0.272 e. The molecule has 0 aromatic heterocycles. The zero-order chi connectivity index (χ0) is 17.5. The summed E-state index contributed by atoms with van der Waals surface area (Å²) in [5.74, 6) is -0.504. The lowest BCUT2D eigenvalue weighted by Crippen LogP contribution is -2.46. The predicted molar refractivity (Wildman–Crippen MR) is 90.5 cm³/mol. The van der Waals surface area contributed by atoms with Crippen molar-refractivity contribution in [3.05, 3.63) is 46.0 Å². The first-order valence-corrected chi connectivity index (χ1v) is 9.05. The van der Waals surface area contributed by atoms with Gasteiger partial charge in [-0.3, -0.25) is 19.8 Å². The van der Waals surface area contributed by atoms with E-state index in [1.165, 1.54) is 18.2 Å². The van der Waals surface area contributed by atoms with Crippen LogP contribution >= 0.6 is 23.2 Å². The number of hydrogen-bond acceptors (Lipinski definition) is 3. The molecule has 1 N–H and O–H groups in total. The number of imide groups is 1. The van der Waals surface area contributed by atoms with Gasteiger partial charge in [-0.1, -0.05) is 35.4 Å². The molecule has 0 spiro atoms. The van der Waals surface area contributed by atoms with Gasteiger partial charge in [0.1, 0.15) is 0 Å². The molecule has 1 heterocycles. The van der Waals surface area contributed by atoms with Gasteiger partial charge in [-0.15, -0.1) is 0 Å². The monoisotopic (exact) mass is 376 g/mol. The quantitative estimate of drug-likeness (QED) is 0.637. The van der Waals surface area contributed by atoms with Crippen molar-refractivity contribution in [2.75, 3.05) is 0 Å². The Bertz CT molecular complexity index is 832. The predicted octanol–water partition coefficient (Wildman–Crippen LogP) is 2.69. The Balaban J connectivity index is 1.40. The number of amides is 3. The number of halogens is 2. The summed E-state index contributed by atoms with van der Waals surface area (Å²) in [5.41, 5.74) is 2.71. The van der Waals surface area contributed by atoms with Gasteiger partial charge in [0.25, 0.3) is 17.7 Å². The Kier molecular flexibility index (Phi) is 3.13. The maximum Gasteiger partial charge on any atom is 0.270 e. The van der Waals surface area contributed by atoms with Crippen LogP contribution < -0.4 is 5.43 Å². The minimum Gasteiger partial charge on any atom is -0.272 e. The lowest BCUT2D eigenvalue weighted by Gasteiger charge is -2.37. The normalized spacial score (nSPS) is 37.1. The summed E-state index contributed by atoms with van der Waals surface area (Å²) in [6.45, 7) is 0. The Morgan fingerprint density at radius 1 is 1.00 bits per heavy atom. The van der Waals surface area contributed by atoms with Crippen LogP contribution in [0.2, 0.25) is 10.0 Å². The van der Waals surface area contributed by atoms with Crippen LogP contribution in [0.5, 0.6) is 0 Å². The van der Waals surface area contributed by atoms with Gasteiger partial charge >= 0.3 is 0 Å². The molecule has 0 unspecified atom stereocenters. The molecule has 5 nitrogen and oxygen atoms in total. The van der Waals surface area contributed by atoms with Crippen molar-refractivity contribution in [1.82, 2.24) is 10.4 Å². The van der Waals surface area contributed by atoms with E-state index >= 15 is 0 Å². The topological polar surface area (TPSA) is 66.5 Å². The first-order valence-electron chi connectivity index (χ1n) is 8.29. The van der Waals surface area contributed by atoms with E-state index in [0.717, 1.165) is 11.4 Å². The Hall–Kier alpha value is -1.85. The minimum atomic E-state index is -0.552. The fourth-order valence-corrected chi connectivity index (χ4v) is 5.17. The molecule has 5 aliphatic rings. The summed E-state index contributed by atoms with van der Waals surface area (Å²) >= 11 is 11.8. The van der Waals surface area contributed by atoms with E-state index in [4.69, 9.17) is 23.2 Å². The summed E-state index contributed by atoms with van der Waals surface area (Å²) in [6, 6.07) is 4.42. The van der Waals surface area contributed by atoms with E-state index in [-0.39, 0.29) is 46.1 Å². The molecule has 25 heavy (non-hydrogen) atoms. The molecule has 1 saturated heterocycles. The number of nitrogens with one attached hydrogen (secondary N) is 1. The number of carbonyl (C=O) groups is 3. The molecule has 2 saturated carbocycles. The van der Waals surface area contributed by atoms with Gasteiger partial charge in [0.05, 0.1) is 21.9 Å². The van der Waals surface area contributed by atoms with Crippen LogP contribution in [0.15, 0.2) is 30.4 Å². The maximum atomic E-state index is 12.8. The van der Waals surface area contributed by atoms with E-state index < -0.39 is 5.91 Å². The van der Waals surface area contributed by atoms with E-state index in [2.05, 4.69) is 17.6 Å². The Morgan fingerprint density at radius 2 is 1.60 bits per heavy atom. The number of hydrazine groups is 1. The summed E-state index contributed by atoms with van der Waals surface area (Å²) in [6.07, 6.45) is 5.29. The van der Waals surface area contributed by atoms with E-state index in [1.54, 1.807) is 0 Å². The zero-order valence-corrected chi connectivity index (χ0v) is 14.5. The van der Waals surface area contributed by atoms with Gasteiger partial charge in [-0.25, -0.2) is 0 Å². The molecule has 2 bridgehead atoms. The highest BCUT2D eigenvalue weighted by molar-refractivity contribution is 6.42. The molecular weight excluding hydrogens is 363 g/mol. The van der Waals surface area contributed by atoms with Crippen molar-refractivity contribution in [2.45, 2.75) is 6.42 Å². The van der Waals surface area contributed by atoms with Gasteiger partial charge in [0.2, 0.25) is 0 Å². The fraction of sp³-hybridized carbons (Fsp3) is 0.389. The Morgan fingerprint density at radius 3 is 2.16 bits per heavy atom. The highest BCUT2D eigenvalue weighted by atomic mass is 35.5. The molecule has 6 rings (SSSR count). The van der Waals surface area contributed by atoms with E-state index in [1.807, 2.05) is 0 Å². The van der Waals surface area contributed by atoms with E-state index in [9.17, 15) is 14.4 Å². The SMILES string of the molecule is O=C(NN1C(=O)[C@@H]2[C@H]3C=C[C@@H]([C@@H]4C[C@H]34)[C@@H]2C1=O)c1ccc(Cl)c(Cl)c1. The van der Waals surface area contributed by atoms with Crippen LogP contribution in [0.25, 0.3) is 0 Å². The molecule has 3 fully saturated rings. The van der Waals surface area contributed by atoms with Crippen molar-refractivity contribution in [3.8, 4) is 0 Å². The number of allylic oxidation sites excluding steroid dienone is 2. The summed E-state index contributed by atoms with van der Waals surface area (Å²) in [5, 5.41) is 1.49. The van der Waals surface area contributed by atoms with Gasteiger partial charge in [-0.2, -0.15) is 5.01 Å². The maximum absolute atomic E-state index is 12.8. The number of carbonyl (C=O) groups excluding carboxylic acids is 3. The molecule has 0 radical (unpaired) electrons. The van der Waals surface area contributed by atoms with Crippen molar-refractivity contribution >= 4 is 40.9 Å². The number of benzene rings is 1. The smallest absolute Gasteiger partial charge is 0.270 e. The average Bonchev–Trinajstić information content (AvgIpc) is 3.38. The molecule has 7 heteroatoms.